The second kappa shape index (κ2) is 4.98. The summed E-state index contributed by atoms with van der Waals surface area (Å²) < 4.78 is 0. The van der Waals surface area contributed by atoms with Gasteiger partial charge in [0.15, 0.2) is 0 Å². The third kappa shape index (κ3) is 3.06. The van der Waals surface area contributed by atoms with Crippen molar-refractivity contribution in [1.29, 1.82) is 0 Å². The first kappa shape index (κ1) is 11.6. The number of hydrogen-bond acceptors (Lipinski definition) is 2. The topological polar surface area (TPSA) is 23.5 Å². The van der Waals surface area contributed by atoms with Gasteiger partial charge < -0.3 is 10.0 Å². The lowest BCUT2D eigenvalue weighted by Crippen LogP contribution is -2.23. The van der Waals surface area contributed by atoms with Crippen LogP contribution in [0, 0.1) is 6.92 Å². The van der Waals surface area contributed by atoms with Crippen LogP contribution in [-0.4, -0.2) is 29.6 Å². The van der Waals surface area contributed by atoms with Crippen LogP contribution in [0.5, 0.6) is 0 Å². The highest BCUT2D eigenvalue weighted by molar-refractivity contribution is 5.23. The summed E-state index contributed by atoms with van der Waals surface area (Å²) in [7, 11) is 2.15. The van der Waals surface area contributed by atoms with Crippen molar-refractivity contribution in [3.8, 4) is 0 Å². The van der Waals surface area contributed by atoms with E-state index in [1.807, 2.05) is 12.1 Å². The van der Waals surface area contributed by atoms with Crippen molar-refractivity contribution >= 4 is 0 Å². The van der Waals surface area contributed by atoms with Gasteiger partial charge in [-0.25, -0.2) is 0 Å². The molecule has 2 rings (SSSR count). The second-order valence-corrected chi connectivity index (χ2v) is 4.93. The van der Waals surface area contributed by atoms with Crippen LogP contribution in [0.3, 0.4) is 0 Å². The van der Waals surface area contributed by atoms with E-state index in [1.54, 1.807) is 0 Å². The van der Waals surface area contributed by atoms with Gasteiger partial charge in [0, 0.05) is 12.6 Å². The molecule has 0 heterocycles. The fourth-order valence-corrected chi connectivity index (χ4v) is 1.98. The number of aliphatic hydroxyl groups excluding tert-OH is 1. The number of nitrogens with zero attached hydrogens (tertiary/aromatic N) is 1. The molecule has 1 fully saturated rings. The molecule has 0 amide bonds. The van der Waals surface area contributed by atoms with Crippen molar-refractivity contribution in [2.75, 3.05) is 13.6 Å². The summed E-state index contributed by atoms with van der Waals surface area (Å²) in [6.07, 6.45) is 3.17. The van der Waals surface area contributed by atoms with Crippen molar-refractivity contribution in [3.05, 3.63) is 35.4 Å². The summed E-state index contributed by atoms with van der Waals surface area (Å²) in [5, 5.41) is 10.0. The van der Waals surface area contributed by atoms with Crippen molar-refractivity contribution in [1.82, 2.24) is 4.90 Å². The molecule has 1 aromatic carbocycles. The van der Waals surface area contributed by atoms with E-state index >= 15 is 0 Å². The largest absolute Gasteiger partial charge is 0.388 e. The van der Waals surface area contributed by atoms with Crippen LogP contribution in [0.2, 0.25) is 0 Å². The first-order valence-electron chi connectivity index (χ1n) is 6.11. The second-order valence-electron chi connectivity index (χ2n) is 4.93. The van der Waals surface area contributed by atoms with Gasteiger partial charge in [-0.3, -0.25) is 0 Å². The van der Waals surface area contributed by atoms with E-state index in [0.717, 1.165) is 24.6 Å². The molecule has 88 valence electrons. The Labute approximate surface area is 97.9 Å². The normalized spacial score (nSPS) is 17.8. The van der Waals surface area contributed by atoms with E-state index in [0.29, 0.717) is 0 Å². The third-order valence-electron chi connectivity index (χ3n) is 3.39. The van der Waals surface area contributed by atoms with E-state index < -0.39 is 0 Å². The Balaban J connectivity index is 1.82. The average Bonchev–Trinajstić information content (AvgIpc) is 3.10. The minimum Gasteiger partial charge on any atom is -0.388 e. The molecular weight excluding hydrogens is 198 g/mol. The zero-order valence-corrected chi connectivity index (χ0v) is 10.2. The predicted octanol–water partition coefficient (Wildman–Crippen LogP) is 2.51. The van der Waals surface area contributed by atoms with Crippen LogP contribution in [0.1, 0.15) is 36.5 Å². The molecule has 0 radical (unpaired) electrons. The van der Waals surface area contributed by atoms with Crippen molar-refractivity contribution in [3.63, 3.8) is 0 Å². The van der Waals surface area contributed by atoms with Gasteiger partial charge in [0.2, 0.25) is 0 Å². The van der Waals surface area contributed by atoms with Crippen molar-refractivity contribution in [2.45, 2.75) is 38.3 Å². The van der Waals surface area contributed by atoms with E-state index in [4.69, 9.17) is 0 Å². The zero-order valence-electron chi connectivity index (χ0n) is 10.2. The van der Waals surface area contributed by atoms with Crippen LogP contribution < -0.4 is 0 Å². The fraction of sp³-hybridized carbons (Fsp3) is 0.571. The number of aryl methyl sites for hydroxylation is 1. The van der Waals surface area contributed by atoms with Gasteiger partial charge in [-0.1, -0.05) is 29.8 Å². The maximum Gasteiger partial charge on any atom is 0.0802 e. The molecule has 0 saturated heterocycles. The molecule has 1 aromatic rings. The smallest absolute Gasteiger partial charge is 0.0802 e. The number of rotatable bonds is 5. The van der Waals surface area contributed by atoms with Gasteiger partial charge in [0.05, 0.1) is 6.10 Å². The highest BCUT2D eigenvalue weighted by atomic mass is 16.3. The van der Waals surface area contributed by atoms with Gasteiger partial charge in [0.25, 0.3) is 0 Å². The lowest BCUT2D eigenvalue weighted by Gasteiger charge is -2.18. The molecule has 16 heavy (non-hydrogen) atoms. The van der Waals surface area contributed by atoms with Gasteiger partial charge in [-0.2, -0.15) is 0 Å². The monoisotopic (exact) mass is 219 g/mol. The molecule has 1 atom stereocenters. The summed E-state index contributed by atoms with van der Waals surface area (Å²) in [5.41, 5.74) is 2.28. The predicted molar refractivity (Wildman–Crippen MR) is 66.4 cm³/mol. The van der Waals surface area contributed by atoms with Gasteiger partial charge in [-0.05, 0) is 38.8 Å². The molecule has 2 heteroatoms. The Hall–Kier alpha value is -0.860. The van der Waals surface area contributed by atoms with Crippen molar-refractivity contribution in [2.24, 2.45) is 0 Å². The van der Waals surface area contributed by atoms with Crippen LogP contribution >= 0.6 is 0 Å². The number of benzene rings is 1. The SMILES string of the molecule is Cc1ccc(C(O)CCN(C)C2CC2)cc1. The quantitative estimate of drug-likeness (QED) is 0.822. The summed E-state index contributed by atoms with van der Waals surface area (Å²) in [6, 6.07) is 8.95. The summed E-state index contributed by atoms with van der Waals surface area (Å²) >= 11 is 0. The number of hydrogen-bond donors (Lipinski definition) is 1. The molecule has 1 saturated carbocycles. The van der Waals surface area contributed by atoms with E-state index in [9.17, 15) is 5.11 Å². The molecule has 0 aromatic heterocycles. The third-order valence-corrected chi connectivity index (χ3v) is 3.39. The zero-order chi connectivity index (χ0) is 11.5. The lowest BCUT2D eigenvalue weighted by atomic mass is 10.0. The van der Waals surface area contributed by atoms with Gasteiger partial charge in [-0.15, -0.1) is 0 Å². The molecule has 0 bridgehead atoms. The van der Waals surface area contributed by atoms with E-state index in [2.05, 4.69) is 31.0 Å². The first-order chi connectivity index (χ1) is 7.66. The molecular formula is C14H21NO. The van der Waals surface area contributed by atoms with Crippen molar-refractivity contribution < 1.29 is 5.11 Å². The maximum absolute atomic E-state index is 10.0. The molecule has 2 nitrogen and oxygen atoms in total. The van der Waals surface area contributed by atoms with Gasteiger partial charge >= 0.3 is 0 Å². The van der Waals surface area contributed by atoms with Crippen LogP contribution in [-0.2, 0) is 0 Å². The molecule has 1 aliphatic rings. The van der Waals surface area contributed by atoms with Crippen LogP contribution in [0.15, 0.2) is 24.3 Å². The van der Waals surface area contributed by atoms with E-state index in [1.165, 1.54) is 18.4 Å². The lowest BCUT2D eigenvalue weighted by molar-refractivity contribution is 0.147. The van der Waals surface area contributed by atoms with Crippen LogP contribution in [0.4, 0.5) is 0 Å². The van der Waals surface area contributed by atoms with E-state index in [-0.39, 0.29) is 6.10 Å². The Morgan fingerprint density at radius 2 is 1.94 bits per heavy atom. The Morgan fingerprint density at radius 1 is 1.31 bits per heavy atom. The van der Waals surface area contributed by atoms with Crippen LogP contribution in [0.25, 0.3) is 0 Å². The Morgan fingerprint density at radius 3 is 2.50 bits per heavy atom. The average molecular weight is 219 g/mol. The van der Waals surface area contributed by atoms with Gasteiger partial charge in [0.1, 0.15) is 0 Å². The molecule has 0 aliphatic heterocycles. The standard InChI is InChI=1S/C14H21NO/c1-11-3-5-12(6-4-11)14(16)9-10-15(2)13-7-8-13/h3-6,13-14,16H,7-10H2,1-2H3. The Bertz CT molecular complexity index is 329. The fourth-order valence-electron chi connectivity index (χ4n) is 1.98. The highest BCUT2D eigenvalue weighted by Crippen LogP contribution is 2.26. The first-order valence-corrected chi connectivity index (χ1v) is 6.11. The summed E-state index contributed by atoms with van der Waals surface area (Å²) in [6.45, 7) is 3.05. The summed E-state index contributed by atoms with van der Waals surface area (Å²) in [4.78, 5) is 2.36. The molecule has 1 aliphatic carbocycles. The maximum atomic E-state index is 10.0. The molecule has 1 unspecified atom stereocenters. The minimum atomic E-state index is -0.318. The highest BCUT2D eigenvalue weighted by Gasteiger charge is 2.26. The molecule has 1 N–H and O–H groups in total. The molecule has 0 spiro atoms. The Kier molecular flexibility index (Phi) is 3.62. The minimum absolute atomic E-state index is 0.318. The summed E-state index contributed by atoms with van der Waals surface area (Å²) in [5.74, 6) is 0. The number of aliphatic hydroxyl groups is 1.